The summed E-state index contributed by atoms with van der Waals surface area (Å²) in [4.78, 5) is 0. The standard InChI is InChI=1S/3ClH.H2O2.Ti/c;;;1-2;/h3*1H;1-2H;/q;;;;+3/p-3. The summed E-state index contributed by atoms with van der Waals surface area (Å²) in [6, 6.07) is 0. The quantitative estimate of drug-likeness (QED) is 0.225. The molecule has 2 nitrogen and oxygen atoms in total. The molecule has 0 bridgehead atoms. The summed E-state index contributed by atoms with van der Waals surface area (Å²) in [5.74, 6) is 0. The molecule has 0 heterocycles. The van der Waals surface area contributed by atoms with Gasteiger partial charge in [0.1, 0.15) is 0 Å². The van der Waals surface area contributed by atoms with E-state index in [1.807, 2.05) is 0 Å². The van der Waals surface area contributed by atoms with Gasteiger partial charge in [-0.1, -0.05) is 0 Å². The number of halogens is 3. The Kier molecular flexibility index (Phi) is 735. The molecule has 0 spiro atoms. The van der Waals surface area contributed by atoms with Crippen molar-refractivity contribution >= 4 is 0 Å². The molecule has 39 valence electrons. The number of rotatable bonds is 0. The van der Waals surface area contributed by atoms with E-state index in [2.05, 4.69) is 0 Å². The van der Waals surface area contributed by atoms with E-state index in [1.165, 1.54) is 0 Å². The molecule has 0 unspecified atom stereocenters. The predicted octanol–water partition coefficient (Wildman–Crippen LogP) is -8.97. The van der Waals surface area contributed by atoms with Crippen molar-refractivity contribution < 1.29 is 69.5 Å². The molecule has 0 rings (SSSR count). The molecule has 1 radical (unpaired) electrons. The van der Waals surface area contributed by atoms with Gasteiger partial charge in [0, 0.05) is 0 Å². The van der Waals surface area contributed by atoms with Gasteiger partial charge in [-0.3, -0.25) is 10.5 Å². The van der Waals surface area contributed by atoms with E-state index in [0.29, 0.717) is 0 Å². The van der Waals surface area contributed by atoms with Crippen LogP contribution < -0.4 is 37.2 Å². The van der Waals surface area contributed by atoms with Gasteiger partial charge in [0.15, 0.2) is 0 Å². The van der Waals surface area contributed by atoms with Crippen LogP contribution in [-0.2, 0) is 21.7 Å². The van der Waals surface area contributed by atoms with Crippen molar-refractivity contribution in [3.05, 3.63) is 0 Å². The van der Waals surface area contributed by atoms with Gasteiger partial charge in [-0.05, 0) is 0 Å². The van der Waals surface area contributed by atoms with Crippen LogP contribution in [0.5, 0.6) is 0 Å². The molecule has 0 aliphatic carbocycles. The summed E-state index contributed by atoms with van der Waals surface area (Å²) >= 11 is 0. The van der Waals surface area contributed by atoms with Crippen LogP contribution in [0.25, 0.3) is 0 Å². The minimum absolute atomic E-state index is 0. The zero-order valence-electron chi connectivity index (χ0n) is 2.53. The van der Waals surface area contributed by atoms with Crippen molar-refractivity contribution in [3.8, 4) is 0 Å². The maximum Gasteiger partial charge on any atom is 3.00 e. The van der Waals surface area contributed by atoms with Crippen molar-refractivity contribution in [1.82, 2.24) is 0 Å². The van der Waals surface area contributed by atoms with E-state index < -0.39 is 0 Å². The minimum atomic E-state index is 0. The van der Waals surface area contributed by atoms with E-state index in [0.717, 1.165) is 0 Å². The first-order chi connectivity index (χ1) is 1.00. The van der Waals surface area contributed by atoms with Crippen molar-refractivity contribution in [2.45, 2.75) is 0 Å². The van der Waals surface area contributed by atoms with E-state index in [-0.39, 0.29) is 58.9 Å². The Bertz CT molecular complexity index is 8.75. The zero-order chi connectivity index (χ0) is 2.00. The molecular formula is H2Cl3O2Ti. The fourth-order valence-corrected chi connectivity index (χ4v) is 0. The third-order valence-corrected chi connectivity index (χ3v) is 0. The predicted molar refractivity (Wildman–Crippen MR) is 5.26 cm³/mol. The fourth-order valence-electron chi connectivity index (χ4n) is 0. The smallest absolute Gasteiger partial charge is 1.00 e. The molecule has 0 amide bonds. The summed E-state index contributed by atoms with van der Waals surface area (Å²) in [7, 11) is 0. The summed E-state index contributed by atoms with van der Waals surface area (Å²) in [6.07, 6.45) is 0. The first kappa shape index (κ1) is 50.6. The van der Waals surface area contributed by atoms with Crippen molar-refractivity contribution in [3.63, 3.8) is 0 Å². The summed E-state index contributed by atoms with van der Waals surface area (Å²) in [6.45, 7) is 0. The summed E-state index contributed by atoms with van der Waals surface area (Å²) in [5.41, 5.74) is 0. The second kappa shape index (κ2) is 87.1. The maximum atomic E-state index is 6.00. The monoisotopic (exact) mass is 187 g/mol. The number of hydrogen-bond acceptors (Lipinski definition) is 2. The molecule has 0 aliphatic rings. The van der Waals surface area contributed by atoms with E-state index >= 15 is 0 Å². The second-order valence-corrected chi connectivity index (χ2v) is 0. The molecule has 0 fully saturated rings. The van der Waals surface area contributed by atoms with Crippen LogP contribution in [0.15, 0.2) is 0 Å². The second-order valence-electron chi connectivity index (χ2n) is 0. The van der Waals surface area contributed by atoms with Gasteiger partial charge in [-0.2, -0.15) is 0 Å². The van der Waals surface area contributed by atoms with Crippen LogP contribution in [0.4, 0.5) is 0 Å². The van der Waals surface area contributed by atoms with Crippen LogP contribution >= 0.6 is 0 Å². The zero-order valence-corrected chi connectivity index (χ0v) is 6.36. The van der Waals surface area contributed by atoms with Crippen LogP contribution in [-0.4, -0.2) is 10.5 Å². The molecule has 0 aromatic rings. The van der Waals surface area contributed by atoms with E-state index in [4.69, 9.17) is 10.5 Å². The third kappa shape index (κ3) is 49.4. The molecule has 0 saturated carbocycles. The number of hydrogen-bond donors (Lipinski definition) is 2. The molecule has 0 atom stereocenters. The normalized spacial score (nSPS) is 1.00. The topological polar surface area (TPSA) is 40.5 Å². The van der Waals surface area contributed by atoms with Crippen molar-refractivity contribution in [2.75, 3.05) is 0 Å². The molecular weight excluding hydrogens is 186 g/mol. The Morgan fingerprint density at radius 2 is 0.667 bits per heavy atom. The van der Waals surface area contributed by atoms with Crippen LogP contribution in [0.1, 0.15) is 0 Å². The molecule has 0 saturated heterocycles. The summed E-state index contributed by atoms with van der Waals surface area (Å²) < 4.78 is 0. The first-order valence-corrected chi connectivity index (χ1v) is 0.200. The molecule has 6 heavy (non-hydrogen) atoms. The Morgan fingerprint density at radius 1 is 0.667 bits per heavy atom. The van der Waals surface area contributed by atoms with Gasteiger partial charge in [-0.15, -0.1) is 0 Å². The average Bonchev–Trinajstić information content (AvgIpc) is 1.00. The van der Waals surface area contributed by atoms with Gasteiger partial charge in [0.05, 0.1) is 0 Å². The molecule has 6 heteroatoms. The van der Waals surface area contributed by atoms with Gasteiger partial charge in [0.2, 0.25) is 0 Å². The average molecular weight is 188 g/mol. The van der Waals surface area contributed by atoms with Gasteiger partial charge in [0.25, 0.3) is 0 Å². The Balaban J connectivity index is -0.000000000833. The first-order valence-electron chi connectivity index (χ1n) is 0.200. The Hall–Kier alpha value is 1.50. The maximum absolute atomic E-state index is 6.00. The Labute approximate surface area is 69.4 Å². The van der Waals surface area contributed by atoms with E-state index in [1.54, 1.807) is 0 Å². The van der Waals surface area contributed by atoms with Gasteiger partial charge in [-0.25, -0.2) is 0 Å². The van der Waals surface area contributed by atoms with Crippen molar-refractivity contribution in [2.24, 2.45) is 0 Å². The molecule has 0 aromatic heterocycles. The largest absolute Gasteiger partial charge is 3.00 e. The summed E-state index contributed by atoms with van der Waals surface area (Å²) in [5, 5.41) is 12.0. The fraction of sp³-hybridized carbons (Fsp3) is 0. The van der Waals surface area contributed by atoms with Gasteiger partial charge >= 0.3 is 21.7 Å². The van der Waals surface area contributed by atoms with Crippen LogP contribution in [0.3, 0.4) is 0 Å². The van der Waals surface area contributed by atoms with Crippen LogP contribution in [0.2, 0.25) is 0 Å². The van der Waals surface area contributed by atoms with Gasteiger partial charge < -0.3 is 37.2 Å². The molecule has 0 aromatic carbocycles. The molecule has 0 aliphatic heterocycles. The van der Waals surface area contributed by atoms with Crippen molar-refractivity contribution in [1.29, 1.82) is 0 Å². The minimum Gasteiger partial charge on any atom is -1.00 e. The van der Waals surface area contributed by atoms with Crippen LogP contribution in [0, 0.1) is 0 Å². The SMILES string of the molecule is OO.[Cl-].[Cl-].[Cl-].[Ti+3]. The third-order valence-electron chi connectivity index (χ3n) is 0. The molecule has 2 N–H and O–H groups in total. The Morgan fingerprint density at radius 3 is 0.667 bits per heavy atom. The van der Waals surface area contributed by atoms with E-state index in [9.17, 15) is 0 Å².